The highest BCUT2D eigenvalue weighted by Gasteiger charge is 2.21. The summed E-state index contributed by atoms with van der Waals surface area (Å²) in [6, 6.07) is 3.01. The van der Waals surface area contributed by atoms with Gasteiger partial charge in [0.15, 0.2) is 0 Å². The SMILES string of the molecule is CC(Br)C(=O)Nc1ccc([N+](=O)[O-])cc1[N+](=O)[O-]. The van der Waals surface area contributed by atoms with Crippen molar-refractivity contribution in [2.75, 3.05) is 5.32 Å². The van der Waals surface area contributed by atoms with Gasteiger partial charge in [-0.15, -0.1) is 0 Å². The average molecular weight is 318 g/mol. The molecule has 8 nitrogen and oxygen atoms in total. The summed E-state index contributed by atoms with van der Waals surface area (Å²) in [5, 5.41) is 23.6. The Bertz CT molecular complexity index is 517. The first-order chi connectivity index (χ1) is 8.32. The average Bonchev–Trinajstić information content (AvgIpc) is 2.28. The molecule has 0 saturated carbocycles. The van der Waals surface area contributed by atoms with Crippen LogP contribution < -0.4 is 5.32 Å². The first kappa shape index (κ1) is 14.0. The van der Waals surface area contributed by atoms with Gasteiger partial charge in [-0.05, 0) is 13.0 Å². The summed E-state index contributed by atoms with van der Waals surface area (Å²) in [6.45, 7) is 1.55. The molecule has 0 fully saturated rings. The monoisotopic (exact) mass is 317 g/mol. The Hall–Kier alpha value is -2.03. The Balaban J connectivity index is 3.16. The lowest BCUT2D eigenvalue weighted by molar-refractivity contribution is -0.393. The van der Waals surface area contributed by atoms with E-state index in [-0.39, 0.29) is 5.69 Å². The minimum absolute atomic E-state index is 0.0816. The maximum absolute atomic E-state index is 11.4. The fourth-order valence-corrected chi connectivity index (χ4v) is 1.24. The number of amides is 1. The van der Waals surface area contributed by atoms with Gasteiger partial charge < -0.3 is 5.32 Å². The number of nitrogens with one attached hydrogen (secondary N) is 1. The van der Waals surface area contributed by atoms with Gasteiger partial charge in [0.05, 0.1) is 20.7 Å². The van der Waals surface area contributed by atoms with Crippen molar-refractivity contribution < 1.29 is 14.6 Å². The maximum Gasteiger partial charge on any atom is 0.299 e. The van der Waals surface area contributed by atoms with Crippen molar-refractivity contribution in [1.29, 1.82) is 0 Å². The second kappa shape index (κ2) is 5.54. The van der Waals surface area contributed by atoms with Crippen LogP contribution in [-0.2, 0) is 4.79 Å². The van der Waals surface area contributed by atoms with Crippen LogP contribution in [-0.4, -0.2) is 20.6 Å². The lowest BCUT2D eigenvalue weighted by Gasteiger charge is -2.06. The van der Waals surface area contributed by atoms with Gasteiger partial charge in [-0.25, -0.2) is 0 Å². The van der Waals surface area contributed by atoms with Crippen LogP contribution in [0.4, 0.5) is 17.1 Å². The van der Waals surface area contributed by atoms with Crippen molar-refractivity contribution >= 4 is 38.9 Å². The molecule has 18 heavy (non-hydrogen) atoms. The largest absolute Gasteiger partial charge is 0.319 e. The van der Waals surface area contributed by atoms with Crippen LogP contribution in [0.1, 0.15) is 6.92 Å². The van der Waals surface area contributed by atoms with Crippen molar-refractivity contribution in [2.45, 2.75) is 11.8 Å². The number of nitro groups is 2. The number of hydrogen-bond donors (Lipinski definition) is 1. The molecule has 1 aromatic carbocycles. The lowest BCUT2D eigenvalue weighted by atomic mass is 10.2. The molecule has 1 rings (SSSR count). The lowest BCUT2D eigenvalue weighted by Crippen LogP contribution is -2.20. The number of nitrogens with zero attached hydrogens (tertiary/aromatic N) is 2. The molecule has 0 bridgehead atoms. The molecular weight excluding hydrogens is 310 g/mol. The third-order valence-corrected chi connectivity index (χ3v) is 2.42. The summed E-state index contributed by atoms with van der Waals surface area (Å²) in [6.07, 6.45) is 0. The topological polar surface area (TPSA) is 115 Å². The van der Waals surface area contributed by atoms with E-state index < -0.39 is 32.0 Å². The van der Waals surface area contributed by atoms with Gasteiger partial charge in [0.25, 0.3) is 11.4 Å². The van der Waals surface area contributed by atoms with Crippen LogP contribution in [0, 0.1) is 20.2 Å². The Labute approximate surface area is 109 Å². The number of benzene rings is 1. The van der Waals surface area contributed by atoms with E-state index in [1.807, 2.05) is 0 Å². The minimum atomic E-state index is -0.790. The molecule has 0 radical (unpaired) electrons. The summed E-state index contributed by atoms with van der Waals surface area (Å²) >= 11 is 3.01. The number of nitro benzene ring substituents is 2. The van der Waals surface area contributed by atoms with E-state index in [0.717, 1.165) is 18.2 Å². The standard InChI is InChI=1S/C9H8BrN3O5/c1-5(10)9(14)11-7-3-2-6(12(15)16)4-8(7)13(17)18/h2-5H,1H3,(H,11,14). The Morgan fingerprint density at radius 3 is 2.39 bits per heavy atom. The molecule has 0 aliphatic rings. The molecule has 0 spiro atoms. The molecule has 1 unspecified atom stereocenters. The van der Waals surface area contributed by atoms with Crippen molar-refractivity contribution in [1.82, 2.24) is 0 Å². The van der Waals surface area contributed by atoms with E-state index in [9.17, 15) is 25.0 Å². The minimum Gasteiger partial charge on any atom is -0.319 e. The highest BCUT2D eigenvalue weighted by molar-refractivity contribution is 9.10. The highest BCUT2D eigenvalue weighted by atomic mass is 79.9. The predicted molar refractivity (Wildman–Crippen MR) is 66.8 cm³/mol. The molecule has 0 aliphatic carbocycles. The molecule has 0 aromatic heterocycles. The quantitative estimate of drug-likeness (QED) is 0.519. The van der Waals surface area contributed by atoms with E-state index in [2.05, 4.69) is 21.2 Å². The fraction of sp³-hybridized carbons (Fsp3) is 0.222. The normalized spacial score (nSPS) is 11.7. The third-order valence-electron chi connectivity index (χ3n) is 2.01. The van der Waals surface area contributed by atoms with E-state index in [4.69, 9.17) is 0 Å². The molecule has 1 N–H and O–H groups in total. The number of carbonyl (C=O) groups is 1. The van der Waals surface area contributed by atoms with Gasteiger partial charge in [-0.3, -0.25) is 25.0 Å². The number of alkyl halides is 1. The number of carbonyl (C=O) groups excluding carboxylic acids is 1. The van der Waals surface area contributed by atoms with Crippen LogP contribution in [0.3, 0.4) is 0 Å². The fourth-order valence-electron chi connectivity index (χ4n) is 1.12. The van der Waals surface area contributed by atoms with Crippen LogP contribution in [0.15, 0.2) is 18.2 Å². The number of halogens is 1. The first-order valence-electron chi connectivity index (χ1n) is 4.70. The molecule has 0 heterocycles. The van der Waals surface area contributed by atoms with Crippen LogP contribution in [0.2, 0.25) is 0 Å². The number of rotatable bonds is 4. The zero-order valence-electron chi connectivity index (χ0n) is 9.12. The van der Waals surface area contributed by atoms with E-state index in [1.165, 1.54) is 0 Å². The van der Waals surface area contributed by atoms with Crippen molar-refractivity contribution in [3.63, 3.8) is 0 Å². The Morgan fingerprint density at radius 1 is 1.33 bits per heavy atom. The summed E-state index contributed by atoms with van der Waals surface area (Å²) in [5.74, 6) is -0.480. The Morgan fingerprint density at radius 2 is 1.94 bits per heavy atom. The molecule has 9 heteroatoms. The Kier molecular flexibility index (Phi) is 4.32. The molecule has 1 amide bonds. The third kappa shape index (κ3) is 3.23. The molecule has 1 atom stereocenters. The van der Waals surface area contributed by atoms with Gasteiger partial charge in [0.2, 0.25) is 5.91 Å². The van der Waals surface area contributed by atoms with Crippen molar-refractivity contribution in [3.8, 4) is 0 Å². The van der Waals surface area contributed by atoms with Crippen LogP contribution in [0.5, 0.6) is 0 Å². The number of non-ortho nitro benzene ring substituents is 1. The van der Waals surface area contributed by atoms with Gasteiger partial charge in [-0.2, -0.15) is 0 Å². The summed E-state index contributed by atoms with van der Waals surface area (Å²) in [4.78, 5) is 30.6. The van der Waals surface area contributed by atoms with Gasteiger partial charge in [0, 0.05) is 6.07 Å². The van der Waals surface area contributed by atoms with E-state index >= 15 is 0 Å². The summed E-state index contributed by atoms with van der Waals surface area (Å²) < 4.78 is 0. The second-order valence-electron chi connectivity index (χ2n) is 3.32. The zero-order valence-corrected chi connectivity index (χ0v) is 10.7. The van der Waals surface area contributed by atoms with Gasteiger partial charge in [-0.1, -0.05) is 15.9 Å². The summed E-state index contributed by atoms with van der Waals surface area (Å²) in [7, 11) is 0. The van der Waals surface area contributed by atoms with E-state index in [0.29, 0.717) is 0 Å². The predicted octanol–water partition coefficient (Wildman–Crippen LogP) is 2.22. The molecule has 0 saturated heterocycles. The molecular formula is C9H8BrN3O5. The molecule has 1 aromatic rings. The zero-order chi connectivity index (χ0) is 13.9. The van der Waals surface area contributed by atoms with Crippen molar-refractivity contribution in [2.24, 2.45) is 0 Å². The van der Waals surface area contributed by atoms with Gasteiger partial charge >= 0.3 is 0 Å². The maximum atomic E-state index is 11.4. The summed E-state index contributed by atoms with van der Waals surface area (Å²) in [5.41, 5.74) is -1.01. The van der Waals surface area contributed by atoms with Crippen molar-refractivity contribution in [3.05, 3.63) is 38.4 Å². The van der Waals surface area contributed by atoms with Crippen LogP contribution >= 0.6 is 15.9 Å². The van der Waals surface area contributed by atoms with E-state index in [1.54, 1.807) is 6.92 Å². The highest BCUT2D eigenvalue weighted by Crippen LogP contribution is 2.29. The second-order valence-corrected chi connectivity index (χ2v) is 4.69. The number of anilines is 1. The number of hydrogen-bond acceptors (Lipinski definition) is 5. The smallest absolute Gasteiger partial charge is 0.299 e. The van der Waals surface area contributed by atoms with Gasteiger partial charge in [0.1, 0.15) is 5.69 Å². The first-order valence-corrected chi connectivity index (χ1v) is 5.62. The molecule has 0 aliphatic heterocycles. The molecule has 96 valence electrons. The van der Waals surface area contributed by atoms with Crippen LogP contribution in [0.25, 0.3) is 0 Å².